The maximum absolute atomic E-state index is 4.44. The number of rotatable bonds is 3. The molecule has 1 heterocycles. The van der Waals surface area contributed by atoms with Gasteiger partial charge in [0.2, 0.25) is 0 Å². The van der Waals surface area contributed by atoms with Crippen LogP contribution in [0.3, 0.4) is 0 Å². The molecular weight excluding hydrogens is 252 g/mol. The first-order valence-electron chi connectivity index (χ1n) is 6.18. The van der Waals surface area contributed by atoms with Gasteiger partial charge in [-0.25, -0.2) is 0 Å². The molecule has 0 atom stereocenters. The molecule has 0 unspecified atom stereocenters. The van der Waals surface area contributed by atoms with Crippen LogP contribution in [-0.4, -0.2) is 10.2 Å². The van der Waals surface area contributed by atoms with Gasteiger partial charge in [0.15, 0.2) is 0 Å². The molecule has 0 aliphatic heterocycles. The lowest BCUT2D eigenvalue weighted by molar-refractivity contribution is 1.05. The van der Waals surface area contributed by atoms with Crippen molar-refractivity contribution in [3.63, 3.8) is 0 Å². The Morgan fingerprint density at radius 1 is 0.895 bits per heavy atom. The summed E-state index contributed by atoms with van der Waals surface area (Å²) >= 11 is 1.75. The topological polar surface area (TPSA) is 28.7 Å². The summed E-state index contributed by atoms with van der Waals surface area (Å²) in [5, 5.41) is 7.52. The largest absolute Gasteiger partial charge is 0.281 e. The Balaban J connectivity index is 2.00. The van der Waals surface area contributed by atoms with E-state index in [0.717, 1.165) is 17.0 Å². The van der Waals surface area contributed by atoms with Crippen LogP contribution in [0.2, 0.25) is 0 Å². The zero-order chi connectivity index (χ0) is 13.1. The monoisotopic (exact) mass is 266 g/mol. The lowest BCUT2D eigenvalue weighted by Gasteiger charge is -2.04. The Hall–Kier alpha value is -2.00. The first kappa shape index (κ1) is 12.1. The smallest absolute Gasteiger partial charge is 0.106 e. The standard InChI is InChI=1S/C16H14N2S/c1-12-16(19-14-10-6-3-7-11-14)15(18-17-12)13-8-4-2-5-9-13/h2-11H,1H3,(H,17,18). The third-order valence-electron chi connectivity index (χ3n) is 2.90. The minimum absolute atomic E-state index is 1.02. The van der Waals surface area contributed by atoms with Crippen molar-refractivity contribution in [3.8, 4) is 11.3 Å². The number of nitrogens with zero attached hydrogens (tertiary/aromatic N) is 1. The van der Waals surface area contributed by atoms with Gasteiger partial charge in [0.25, 0.3) is 0 Å². The van der Waals surface area contributed by atoms with Crippen molar-refractivity contribution in [2.45, 2.75) is 16.7 Å². The van der Waals surface area contributed by atoms with Crippen molar-refractivity contribution < 1.29 is 0 Å². The van der Waals surface area contributed by atoms with E-state index in [-0.39, 0.29) is 0 Å². The number of aryl methyl sites for hydroxylation is 1. The summed E-state index contributed by atoms with van der Waals surface area (Å²) in [7, 11) is 0. The second kappa shape index (κ2) is 5.33. The summed E-state index contributed by atoms with van der Waals surface area (Å²) in [6.07, 6.45) is 0. The zero-order valence-corrected chi connectivity index (χ0v) is 11.4. The number of benzene rings is 2. The fourth-order valence-corrected chi connectivity index (χ4v) is 2.93. The minimum atomic E-state index is 1.02. The van der Waals surface area contributed by atoms with E-state index in [0.29, 0.717) is 0 Å². The average Bonchev–Trinajstić information content (AvgIpc) is 2.82. The summed E-state index contributed by atoms with van der Waals surface area (Å²) in [5.74, 6) is 0. The minimum Gasteiger partial charge on any atom is -0.281 e. The van der Waals surface area contributed by atoms with E-state index in [1.807, 2.05) is 24.3 Å². The molecule has 0 radical (unpaired) electrons. The zero-order valence-electron chi connectivity index (χ0n) is 10.6. The number of hydrogen-bond donors (Lipinski definition) is 1. The predicted octanol–water partition coefficient (Wildman–Crippen LogP) is 4.54. The van der Waals surface area contributed by atoms with Crippen LogP contribution in [0.1, 0.15) is 5.69 Å². The first-order chi connectivity index (χ1) is 9.34. The van der Waals surface area contributed by atoms with Crippen molar-refractivity contribution in [2.24, 2.45) is 0 Å². The van der Waals surface area contributed by atoms with Crippen LogP contribution in [0.4, 0.5) is 0 Å². The van der Waals surface area contributed by atoms with E-state index in [1.165, 1.54) is 9.79 Å². The van der Waals surface area contributed by atoms with Gasteiger partial charge < -0.3 is 0 Å². The van der Waals surface area contributed by atoms with Crippen LogP contribution in [0.5, 0.6) is 0 Å². The highest BCUT2D eigenvalue weighted by atomic mass is 32.2. The van der Waals surface area contributed by atoms with Gasteiger partial charge in [-0.15, -0.1) is 0 Å². The third-order valence-corrected chi connectivity index (χ3v) is 4.11. The lowest BCUT2D eigenvalue weighted by Crippen LogP contribution is -1.81. The maximum atomic E-state index is 4.44. The molecule has 2 nitrogen and oxygen atoms in total. The molecule has 0 amide bonds. The van der Waals surface area contributed by atoms with Crippen LogP contribution >= 0.6 is 11.8 Å². The molecule has 1 aromatic heterocycles. The second-order valence-corrected chi connectivity index (χ2v) is 5.39. The average molecular weight is 266 g/mol. The summed E-state index contributed by atoms with van der Waals surface area (Å²) in [6.45, 7) is 2.06. The van der Waals surface area contributed by atoms with Crippen LogP contribution in [0, 0.1) is 6.92 Å². The molecule has 0 spiro atoms. The van der Waals surface area contributed by atoms with Gasteiger partial charge in [-0.2, -0.15) is 5.10 Å². The summed E-state index contributed by atoms with van der Waals surface area (Å²) < 4.78 is 0. The Labute approximate surface area is 116 Å². The molecule has 2 aromatic carbocycles. The molecule has 19 heavy (non-hydrogen) atoms. The molecule has 3 heteroatoms. The number of aromatic amines is 1. The van der Waals surface area contributed by atoms with Gasteiger partial charge in [0, 0.05) is 16.2 Å². The maximum Gasteiger partial charge on any atom is 0.106 e. The molecule has 0 saturated carbocycles. The normalized spacial score (nSPS) is 10.6. The second-order valence-electron chi connectivity index (χ2n) is 4.31. The Kier molecular flexibility index (Phi) is 3.38. The van der Waals surface area contributed by atoms with E-state index in [1.54, 1.807) is 11.8 Å². The van der Waals surface area contributed by atoms with E-state index in [4.69, 9.17) is 0 Å². The molecule has 0 saturated heterocycles. The molecule has 94 valence electrons. The van der Waals surface area contributed by atoms with Crippen molar-refractivity contribution in [3.05, 3.63) is 66.4 Å². The van der Waals surface area contributed by atoms with E-state index < -0.39 is 0 Å². The molecule has 3 rings (SSSR count). The van der Waals surface area contributed by atoms with Crippen molar-refractivity contribution in [2.75, 3.05) is 0 Å². The van der Waals surface area contributed by atoms with Gasteiger partial charge in [0.05, 0.1) is 4.90 Å². The molecular formula is C16H14N2S. The Morgan fingerprint density at radius 3 is 2.21 bits per heavy atom. The Bertz CT molecular complexity index is 660. The van der Waals surface area contributed by atoms with Crippen LogP contribution in [0.25, 0.3) is 11.3 Å². The molecule has 0 fully saturated rings. The van der Waals surface area contributed by atoms with Crippen LogP contribution in [0.15, 0.2) is 70.5 Å². The number of H-pyrrole nitrogens is 1. The first-order valence-corrected chi connectivity index (χ1v) is 6.99. The van der Waals surface area contributed by atoms with Gasteiger partial charge in [-0.05, 0) is 19.1 Å². The van der Waals surface area contributed by atoms with E-state index in [9.17, 15) is 0 Å². The van der Waals surface area contributed by atoms with Crippen LogP contribution in [-0.2, 0) is 0 Å². The molecule has 0 bridgehead atoms. The van der Waals surface area contributed by atoms with E-state index >= 15 is 0 Å². The van der Waals surface area contributed by atoms with E-state index in [2.05, 4.69) is 53.5 Å². The van der Waals surface area contributed by atoms with Crippen molar-refractivity contribution in [1.29, 1.82) is 0 Å². The SMILES string of the molecule is Cc1[nH]nc(-c2ccccc2)c1Sc1ccccc1. The highest BCUT2D eigenvalue weighted by Crippen LogP contribution is 2.36. The predicted molar refractivity (Wildman–Crippen MR) is 79.3 cm³/mol. The van der Waals surface area contributed by atoms with Gasteiger partial charge in [-0.3, -0.25) is 5.10 Å². The van der Waals surface area contributed by atoms with Crippen molar-refractivity contribution in [1.82, 2.24) is 10.2 Å². The Morgan fingerprint density at radius 2 is 1.53 bits per heavy atom. The fraction of sp³-hybridized carbons (Fsp3) is 0.0625. The summed E-state index contributed by atoms with van der Waals surface area (Å²) in [6, 6.07) is 20.6. The molecule has 0 aliphatic rings. The number of hydrogen-bond acceptors (Lipinski definition) is 2. The van der Waals surface area contributed by atoms with Gasteiger partial charge in [-0.1, -0.05) is 60.3 Å². The van der Waals surface area contributed by atoms with Gasteiger partial charge in [0.1, 0.15) is 5.69 Å². The van der Waals surface area contributed by atoms with Gasteiger partial charge >= 0.3 is 0 Å². The fourth-order valence-electron chi connectivity index (χ4n) is 1.94. The highest BCUT2D eigenvalue weighted by molar-refractivity contribution is 7.99. The summed E-state index contributed by atoms with van der Waals surface area (Å²) in [5.41, 5.74) is 3.27. The molecule has 0 aliphatic carbocycles. The quantitative estimate of drug-likeness (QED) is 0.754. The molecule has 1 N–H and O–H groups in total. The molecule has 3 aromatic rings. The third kappa shape index (κ3) is 2.56. The highest BCUT2D eigenvalue weighted by Gasteiger charge is 2.13. The van der Waals surface area contributed by atoms with Crippen molar-refractivity contribution >= 4 is 11.8 Å². The lowest BCUT2D eigenvalue weighted by atomic mass is 10.1. The number of nitrogens with one attached hydrogen (secondary N) is 1. The van der Waals surface area contributed by atoms with Crippen LogP contribution < -0.4 is 0 Å². The number of aromatic nitrogens is 2. The summed E-state index contributed by atoms with van der Waals surface area (Å²) in [4.78, 5) is 2.42.